The number of imidazole rings is 1. The summed E-state index contributed by atoms with van der Waals surface area (Å²) < 4.78 is 7.00. The molecule has 6 heteroatoms. The number of nitrogens with zero attached hydrogens (tertiary/aromatic N) is 2. The predicted octanol–water partition coefficient (Wildman–Crippen LogP) is 0.951. The minimum Gasteiger partial charge on any atom is -0.381 e. The van der Waals surface area contributed by atoms with Crippen molar-refractivity contribution in [3.05, 3.63) is 18.2 Å². The quantitative estimate of drug-likeness (QED) is 0.601. The number of hydrogen-bond acceptors (Lipinski definition) is 3. The topological polar surface area (TPSA) is 56.2 Å². The fourth-order valence-corrected chi connectivity index (χ4v) is 1.38. The Morgan fingerprint density at radius 3 is 3.06 bits per heavy atom. The minimum absolute atomic E-state index is 0.138. The Balaban J connectivity index is 2.11. The fraction of sp³-hybridized carbons (Fsp3) is 0.600. The van der Waals surface area contributed by atoms with Crippen molar-refractivity contribution in [1.82, 2.24) is 14.9 Å². The second-order valence-electron chi connectivity index (χ2n) is 3.34. The van der Waals surface area contributed by atoms with E-state index in [1.807, 2.05) is 7.05 Å². The highest BCUT2D eigenvalue weighted by molar-refractivity contribution is 9.09. The Morgan fingerprint density at radius 1 is 1.62 bits per heavy atom. The average molecular weight is 290 g/mol. The Morgan fingerprint density at radius 2 is 2.44 bits per heavy atom. The molecule has 1 aromatic heterocycles. The van der Waals surface area contributed by atoms with Gasteiger partial charge in [-0.25, -0.2) is 4.98 Å². The number of amides is 1. The lowest BCUT2D eigenvalue weighted by Gasteiger charge is -2.03. The molecule has 0 atom stereocenters. The van der Waals surface area contributed by atoms with Gasteiger partial charge in [-0.05, 0) is 6.42 Å². The van der Waals surface area contributed by atoms with Gasteiger partial charge in [-0.3, -0.25) is 4.79 Å². The van der Waals surface area contributed by atoms with Crippen LogP contribution in [0.2, 0.25) is 0 Å². The number of nitrogens with one attached hydrogen (secondary N) is 1. The van der Waals surface area contributed by atoms with Gasteiger partial charge in [-0.15, -0.1) is 0 Å². The third kappa shape index (κ3) is 4.76. The van der Waals surface area contributed by atoms with Crippen molar-refractivity contribution in [3.63, 3.8) is 0 Å². The van der Waals surface area contributed by atoms with Crippen molar-refractivity contribution < 1.29 is 9.53 Å². The Kier molecular flexibility index (Phi) is 6.10. The van der Waals surface area contributed by atoms with Gasteiger partial charge in [0.1, 0.15) is 5.69 Å². The average Bonchev–Trinajstić information content (AvgIpc) is 2.70. The third-order valence-electron chi connectivity index (χ3n) is 1.91. The molecular weight excluding hydrogens is 274 g/mol. The van der Waals surface area contributed by atoms with Gasteiger partial charge in [0, 0.05) is 31.7 Å². The van der Waals surface area contributed by atoms with E-state index in [9.17, 15) is 4.79 Å². The summed E-state index contributed by atoms with van der Waals surface area (Å²) in [5, 5.41) is 3.62. The number of aryl methyl sites for hydroxylation is 1. The molecule has 1 heterocycles. The van der Waals surface area contributed by atoms with Crippen LogP contribution in [-0.2, 0) is 11.8 Å². The smallest absolute Gasteiger partial charge is 0.271 e. The van der Waals surface area contributed by atoms with Gasteiger partial charge in [-0.2, -0.15) is 0 Å². The van der Waals surface area contributed by atoms with Crippen LogP contribution in [0, 0.1) is 0 Å². The van der Waals surface area contributed by atoms with Crippen molar-refractivity contribution >= 4 is 21.8 Å². The van der Waals surface area contributed by atoms with E-state index in [2.05, 4.69) is 26.2 Å². The van der Waals surface area contributed by atoms with E-state index >= 15 is 0 Å². The van der Waals surface area contributed by atoms with Crippen LogP contribution in [0.15, 0.2) is 12.5 Å². The van der Waals surface area contributed by atoms with Crippen LogP contribution in [0.5, 0.6) is 0 Å². The largest absolute Gasteiger partial charge is 0.381 e. The number of aromatic nitrogens is 2. The molecule has 5 nitrogen and oxygen atoms in total. The third-order valence-corrected chi connectivity index (χ3v) is 2.23. The molecule has 0 bridgehead atoms. The lowest BCUT2D eigenvalue weighted by Crippen LogP contribution is -2.25. The van der Waals surface area contributed by atoms with Gasteiger partial charge in [-0.1, -0.05) is 15.9 Å². The number of carbonyl (C=O) groups is 1. The molecule has 0 fully saturated rings. The molecule has 1 rings (SSSR count). The number of rotatable bonds is 7. The summed E-state index contributed by atoms with van der Waals surface area (Å²) in [6.45, 7) is 1.97. The molecule has 0 aliphatic carbocycles. The van der Waals surface area contributed by atoms with E-state index < -0.39 is 0 Å². The summed E-state index contributed by atoms with van der Waals surface area (Å²) in [5.41, 5.74) is 0.448. The molecule has 0 saturated carbocycles. The van der Waals surface area contributed by atoms with Crippen LogP contribution in [0.4, 0.5) is 0 Å². The van der Waals surface area contributed by atoms with Crippen molar-refractivity contribution in [2.24, 2.45) is 7.05 Å². The molecule has 0 aromatic carbocycles. The number of hydrogen-bond donors (Lipinski definition) is 1. The second kappa shape index (κ2) is 7.40. The van der Waals surface area contributed by atoms with Crippen molar-refractivity contribution in [3.8, 4) is 0 Å². The first kappa shape index (κ1) is 13.2. The molecule has 1 amide bonds. The fourth-order valence-electron chi connectivity index (χ4n) is 1.15. The molecular formula is C10H16BrN3O2. The highest BCUT2D eigenvalue weighted by Crippen LogP contribution is 1.93. The molecule has 1 aromatic rings. The SMILES string of the molecule is Cn1cnc(C(=O)NCCCOCCBr)c1. The number of halogens is 1. The summed E-state index contributed by atoms with van der Waals surface area (Å²) in [6.07, 6.45) is 4.11. The zero-order chi connectivity index (χ0) is 11.8. The second-order valence-corrected chi connectivity index (χ2v) is 4.13. The molecule has 90 valence electrons. The van der Waals surface area contributed by atoms with E-state index in [1.165, 1.54) is 0 Å². The first-order valence-corrected chi connectivity index (χ1v) is 6.26. The van der Waals surface area contributed by atoms with Gasteiger partial charge in [0.15, 0.2) is 0 Å². The highest BCUT2D eigenvalue weighted by Gasteiger charge is 2.06. The Labute approximate surface area is 103 Å². The summed E-state index contributed by atoms with van der Waals surface area (Å²) >= 11 is 3.27. The molecule has 0 aliphatic rings. The first-order chi connectivity index (χ1) is 7.74. The van der Waals surface area contributed by atoms with E-state index in [1.54, 1.807) is 17.1 Å². The van der Waals surface area contributed by atoms with E-state index in [-0.39, 0.29) is 5.91 Å². The van der Waals surface area contributed by atoms with Crippen LogP contribution in [0.3, 0.4) is 0 Å². The first-order valence-electron chi connectivity index (χ1n) is 5.14. The highest BCUT2D eigenvalue weighted by atomic mass is 79.9. The normalized spacial score (nSPS) is 10.4. The van der Waals surface area contributed by atoms with Crippen LogP contribution < -0.4 is 5.32 Å². The van der Waals surface area contributed by atoms with Crippen LogP contribution in [0.25, 0.3) is 0 Å². The molecule has 0 radical (unpaired) electrons. The summed E-state index contributed by atoms with van der Waals surface area (Å²) in [7, 11) is 1.83. The van der Waals surface area contributed by atoms with Crippen LogP contribution in [-0.4, -0.2) is 40.5 Å². The predicted molar refractivity (Wildman–Crippen MR) is 64.8 cm³/mol. The van der Waals surface area contributed by atoms with Crippen LogP contribution in [0.1, 0.15) is 16.9 Å². The van der Waals surface area contributed by atoms with Crippen molar-refractivity contribution in [2.45, 2.75) is 6.42 Å². The maximum atomic E-state index is 11.5. The summed E-state index contributed by atoms with van der Waals surface area (Å²) in [6, 6.07) is 0. The number of alkyl halides is 1. The minimum atomic E-state index is -0.138. The maximum absolute atomic E-state index is 11.5. The summed E-state index contributed by atoms with van der Waals surface area (Å²) in [5.74, 6) is -0.138. The maximum Gasteiger partial charge on any atom is 0.271 e. The van der Waals surface area contributed by atoms with Crippen molar-refractivity contribution in [1.29, 1.82) is 0 Å². The van der Waals surface area contributed by atoms with Gasteiger partial charge in [0.05, 0.1) is 12.9 Å². The summed E-state index contributed by atoms with van der Waals surface area (Å²) in [4.78, 5) is 15.5. The van der Waals surface area contributed by atoms with Gasteiger partial charge in [0.2, 0.25) is 0 Å². The molecule has 0 saturated heterocycles. The van der Waals surface area contributed by atoms with E-state index in [4.69, 9.17) is 4.74 Å². The lowest BCUT2D eigenvalue weighted by molar-refractivity contribution is 0.0940. The van der Waals surface area contributed by atoms with Gasteiger partial charge < -0.3 is 14.6 Å². The molecule has 0 aliphatic heterocycles. The molecule has 0 spiro atoms. The molecule has 0 unspecified atom stereocenters. The zero-order valence-corrected chi connectivity index (χ0v) is 10.9. The standard InChI is InChI=1S/C10H16BrN3O2/c1-14-7-9(13-8-14)10(15)12-4-2-5-16-6-3-11/h7-8H,2-6H2,1H3,(H,12,15). The van der Waals surface area contributed by atoms with E-state index in [0.29, 0.717) is 25.5 Å². The Bertz CT molecular complexity index is 328. The number of carbonyl (C=O) groups excluding carboxylic acids is 1. The van der Waals surface area contributed by atoms with Crippen molar-refractivity contribution in [2.75, 3.05) is 25.1 Å². The Hall–Kier alpha value is -0.880. The zero-order valence-electron chi connectivity index (χ0n) is 9.28. The lowest BCUT2D eigenvalue weighted by atomic mass is 10.4. The number of ether oxygens (including phenoxy) is 1. The monoisotopic (exact) mass is 289 g/mol. The van der Waals surface area contributed by atoms with Crippen LogP contribution >= 0.6 is 15.9 Å². The van der Waals surface area contributed by atoms with Gasteiger partial charge >= 0.3 is 0 Å². The molecule has 16 heavy (non-hydrogen) atoms. The van der Waals surface area contributed by atoms with E-state index in [0.717, 1.165) is 11.8 Å². The van der Waals surface area contributed by atoms with Gasteiger partial charge in [0.25, 0.3) is 5.91 Å². The molecule has 1 N–H and O–H groups in total.